The number of hydrogen-bond donors (Lipinski definition) is 1. The lowest BCUT2D eigenvalue weighted by Crippen LogP contribution is -2.57. The van der Waals surface area contributed by atoms with E-state index in [0.29, 0.717) is 0 Å². The Morgan fingerprint density at radius 3 is 2.03 bits per heavy atom. The maximum absolute atomic E-state index is 13.1. The summed E-state index contributed by atoms with van der Waals surface area (Å²) in [5.41, 5.74) is -2.41. The summed E-state index contributed by atoms with van der Waals surface area (Å²) >= 11 is 0. The van der Waals surface area contributed by atoms with Crippen LogP contribution in [-0.2, 0) is 23.9 Å². The summed E-state index contributed by atoms with van der Waals surface area (Å²) in [5, 5.41) is 11.1. The van der Waals surface area contributed by atoms with Crippen LogP contribution in [0.1, 0.15) is 60.5 Å². The molecule has 1 N–H and O–H groups in total. The molecular formula is C25H34O6. The summed E-state index contributed by atoms with van der Waals surface area (Å²) in [6, 6.07) is 9.32. The monoisotopic (exact) mass is 430 g/mol. The molecule has 1 fully saturated rings. The number of aliphatic hydroxyl groups is 1. The number of hydrogen-bond acceptors (Lipinski definition) is 6. The predicted molar refractivity (Wildman–Crippen MR) is 118 cm³/mol. The van der Waals surface area contributed by atoms with Crippen LogP contribution < -0.4 is 0 Å². The van der Waals surface area contributed by atoms with Gasteiger partial charge in [-0.1, -0.05) is 42.5 Å². The Bertz CT molecular complexity index is 839. The molecule has 6 heteroatoms. The van der Waals surface area contributed by atoms with Crippen LogP contribution in [0.4, 0.5) is 0 Å². The van der Waals surface area contributed by atoms with E-state index in [1.54, 1.807) is 53.7 Å². The molecule has 0 bridgehead atoms. The second-order valence-electron chi connectivity index (χ2n) is 10.4. The maximum atomic E-state index is 13.1. The number of rotatable bonds is 4. The zero-order chi connectivity index (χ0) is 23.6. The second kappa shape index (κ2) is 8.95. The van der Waals surface area contributed by atoms with Gasteiger partial charge in [-0.2, -0.15) is 0 Å². The van der Waals surface area contributed by atoms with E-state index in [2.05, 4.69) is 0 Å². The molecule has 1 saturated carbocycles. The molecule has 1 aliphatic carbocycles. The molecule has 0 heterocycles. The van der Waals surface area contributed by atoms with Crippen molar-refractivity contribution in [3.8, 4) is 0 Å². The number of carbonyl (C=O) groups excluding carboxylic acids is 3. The largest absolute Gasteiger partial charge is 0.460 e. The molecule has 0 aromatic heterocycles. The van der Waals surface area contributed by atoms with Crippen LogP contribution in [0, 0.1) is 17.8 Å². The smallest absolute Gasteiger partial charge is 0.317 e. The van der Waals surface area contributed by atoms with Gasteiger partial charge in [-0.05, 0) is 54.0 Å². The number of esters is 2. The Hall–Kier alpha value is -2.47. The minimum absolute atomic E-state index is 0.337. The molecule has 0 saturated heterocycles. The molecule has 4 atom stereocenters. The summed E-state index contributed by atoms with van der Waals surface area (Å²) in [6.07, 6.45) is 3.05. The third-order valence-electron chi connectivity index (χ3n) is 4.95. The highest BCUT2D eigenvalue weighted by Gasteiger charge is 2.56. The van der Waals surface area contributed by atoms with Crippen molar-refractivity contribution in [2.75, 3.05) is 0 Å². The van der Waals surface area contributed by atoms with Gasteiger partial charge < -0.3 is 14.6 Å². The summed E-state index contributed by atoms with van der Waals surface area (Å²) in [6.45, 7) is 11.8. The zero-order valence-electron chi connectivity index (χ0n) is 19.5. The van der Waals surface area contributed by atoms with Crippen molar-refractivity contribution in [3.05, 3.63) is 42.0 Å². The third kappa shape index (κ3) is 6.76. The van der Waals surface area contributed by atoms with Gasteiger partial charge in [0.15, 0.2) is 5.78 Å². The summed E-state index contributed by atoms with van der Waals surface area (Å²) in [7, 11) is 0. The SMILES string of the molecule is CC(C)(C)OC(=O)[C@H]1C(=O)C[C@](C)(O)[C@H](C(=O)OC(C)(C)C)[C@H]1/C=C/c1ccccc1. The Balaban J connectivity index is 2.54. The quantitative estimate of drug-likeness (QED) is 0.575. The van der Waals surface area contributed by atoms with Gasteiger partial charge in [0.2, 0.25) is 0 Å². The molecule has 0 spiro atoms. The van der Waals surface area contributed by atoms with Crippen LogP contribution in [0.5, 0.6) is 0 Å². The van der Waals surface area contributed by atoms with Gasteiger partial charge in [0.25, 0.3) is 0 Å². The van der Waals surface area contributed by atoms with Gasteiger partial charge in [0.05, 0.1) is 11.5 Å². The lowest BCUT2D eigenvalue weighted by Gasteiger charge is -2.43. The number of Topliss-reactive ketones (excluding diaryl/α,β-unsaturated/α-hetero) is 1. The first kappa shape index (κ1) is 24.8. The molecule has 1 aromatic rings. The molecule has 2 rings (SSSR count). The van der Waals surface area contributed by atoms with Gasteiger partial charge in [-0.15, -0.1) is 0 Å². The Morgan fingerprint density at radius 2 is 1.52 bits per heavy atom. The molecule has 1 aromatic carbocycles. The maximum Gasteiger partial charge on any atom is 0.317 e. The average Bonchev–Trinajstić information content (AvgIpc) is 2.56. The summed E-state index contributed by atoms with van der Waals surface area (Å²) in [5.74, 6) is -5.05. The van der Waals surface area contributed by atoms with E-state index < -0.39 is 52.3 Å². The van der Waals surface area contributed by atoms with Crippen molar-refractivity contribution in [2.45, 2.75) is 71.7 Å². The summed E-state index contributed by atoms with van der Waals surface area (Å²) in [4.78, 5) is 39.1. The van der Waals surface area contributed by atoms with Crippen molar-refractivity contribution in [2.24, 2.45) is 17.8 Å². The molecule has 6 nitrogen and oxygen atoms in total. The topological polar surface area (TPSA) is 89.9 Å². The van der Waals surface area contributed by atoms with E-state index in [-0.39, 0.29) is 6.42 Å². The molecule has 0 radical (unpaired) electrons. The minimum atomic E-state index is -1.66. The second-order valence-corrected chi connectivity index (χ2v) is 10.4. The van der Waals surface area contributed by atoms with E-state index in [4.69, 9.17) is 9.47 Å². The van der Waals surface area contributed by atoms with Crippen LogP contribution in [0.2, 0.25) is 0 Å². The Kier molecular flexibility index (Phi) is 7.16. The van der Waals surface area contributed by atoms with Crippen LogP contribution in [0.25, 0.3) is 6.08 Å². The molecule has 0 amide bonds. The number of ketones is 1. The standard InChI is InChI=1S/C25H34O6/c1-23(2,3)30-21(27)19-17(14-13-16-11-9-8-10-12-16)20(22(28)31-24(4,5)6)25(7,29)15-18(19)26/h8-14,17,19-20,29H,15H2,1-7H3/b14-13+/t17-,19+,20-,25-/m0/s1. The first-order chi connectivity index (χ1) is 14.1. The van der Waals surface area contributed by atoms with Gasteiger partial charge >= 0.3 is 11.9 Å². The van der Waals surface area contributed by atoms with E-state index >= 15 is 0 Å². The van der Waals surface area contributed by atoms with Crippen LogP contribution >= 0.6 is 0 Å². The van der Waals surface area contributed by atoms with E-state index in [9.17, 15) is 19.5 Å². The van der Waals surface area contributed by atoms with Crippen LogP contribution in [0.15, 0.2) is 36.4 Å². The molecule has 1 aliphatic rings. The highest BCUT2D eigenvalue weighted by molar-refractivity contribution is 6.02. The van der Waals surface area contributed by atoms with Crippen molar-refractivity contribution in [1.82, 2.24) is 0 Å². The van der Waals surface area contributed by atoms with Crippen LogP contribution in [0.3, 0.4) is 0 Å². The number of benzene rings is 1. The van der Waals surface area contributed by atoms with Crippen molar-refractivity contribution >= 4 is 23.8 Å². The van der Waals surface area contributed by atoms with Crippen molar-refractivity contribution in [1.29, 1.82) is 0 Å². The van der Waals surface area contributed by atoms with Crippen molar-refractivity contribution < 1.29 is 29.0 Å². The van der Waals surface area contributed by atoms with Gasteiger partial charge in [0.1, 0.15) is 17.1 Å². The molecular weight excluding hydrogens is 396 g/mol. The van der Waals surface area contributed by atoms with Gasteiger partial charge in [-0.25, -0.2) is 0 Å². The molecule has 170 valence electrons. The highest BCUT2D eigenvalue weighted by Crippen LogP contribution is 2.43. The normalized spacial score (nSPS) is 27.2. The Labute approximate surface area is 184 Å². The fraction of sp³-hybridized carbons (Fsp3) is 0.560. The predicted octanol–water partition coefficient (Wildman–Crippen LogP) is 3.96. The summed E-state index contributed by atoms with van der Waals surface area (Å²) < 4.78 is 11.1. The van der Waals surface area contributed by atoms with Gasteiger partial charge in [0, 0.05) is 12.3 Å². The molecule has 31 heavy (non-hydrogen) atoms. The van der Waals surface area contributed by atoms with Crippen molar-refractivity contribution in [3.63, 3.8) is 0 Å². The fourth-order valence-corrected chi connectivity index (χ4v) is 3.83. The fourth-order valence-electron chi connectivity index (χ4n) is 3.83. The molecule has 0 unspecified atom stereocenters. The van der Waals surface area contributed by atoms with E-state index in [1.165, 1.54) is 6.92 Å². The zero-order valence-corrected chi connectivity index (χ0v) is 19.5. The van der Waals surface area contributed by atoms with E-state index in [1.807, 2.05) is 30.3 Å². The first-order valence-corrected chi connectivity index (χ1v) is 10.5. The average molecular weight is 431 g/mol. The minimum Gasteiger partial charge on any atom is -0.460 e. The first-order valence-electron chi connectivity index (χ1n) is 10.5. The third-order valence-corrected chi connectivity index (χ3v) is 4.95. The van der Waals surface area contributed by atoms with Crippen LogP contribution in [-0.4, -0.2) is 39.6 Å². The molecule has 0 aliphatic heterocycles. The lowest BCUT2D eigenvalue weighted by molar-refractivity contribution is -0.184. The van der Waals surface area contributed by atoms with E-state index in [0.717, 1.165) is 5.56 Å². The lowest BCUT2D eigenvalue weighted by atomic mass is 9.63. The highest BCUT2D eigenvalue weighted by atomic mass is 16.6. The van der Waals surface area contributed by atoms with Gasteiger partial charge in [-0.3, -0.25) is 14.4 Å². The number of allylic oxidation sites excluding steroid dienone is 1. The Morgan fingerprint density at radius 1 is 1.00 bits per heavy atom. The number of carbonyl (C=O) groups is 3. The number of ether oxygens (including phenoxy) is 2.